The van der Waals surface area contributed by atoms with E-state index in [4.69, 9.17) is 18.9 Å². The lowest BCUT2D eigenvalue weighted by Gasteiger charge is -2.16. The van der Waals surface area contributed by atoms with Crippen LogP contribution in [0.5, 0.6) is 23.0 Å². The lowest BCUT2D eigenvalue weighted by Crippen LogP contribution is -2.32. The molecule has 1 heterocycles. The molecule has 3 rings (SSSR count). The first-order valence-corrected chi connectivity index (χ1v) is 11.7. The fourth-order valence-corrected chi connectivity index (χ4v) is 3.97. The maximum atomic E-state index is 12.8. The molecule has 1 atom stereocenters. The molecule has 176 valence electrons. The first-order valence-electron chi connectivity index (χ1n) is 10.9. The van der Waals surface area contributed by atoms with Crippen LogP contribution in [-0.4, -0.2) is 49.0 Å². The number of carbonyl (C=O) groups excluding carboxylic acids is 2. The van der Waals surface area contributed by atoms with Crippen molar-refractivity contribution in [2.45, 2.75) is 33.3 Å². The summed E-state index contributed by atoms with van der Waals surface area (Å²) in [5.41, 5.74) is 0.755. The Morgan fingerprint density at radius 2 is 1.76 bits per heavy atom. The quantitative estimate of drug-likeness (QED) is 0.407. The van der Waals surface area contributed by atoms with Crippen LogP contribution in [0.3, 0.4) is 0 Å². The van der Waals surface area contributed by atoms with Gasteiger partial charge >= 0.3 is 0 Å². The van der Waals surface area contributed by atoms with Crippen molar-refractivity contribution in [3.05, 3.63) is 52.9 Å². The zero-order chi connectivity index (χ0) is 23.8. The van der Waals surface area contributed by atoms with Gasteiger partial charge in [-0.2, -0.15) is 0 Å². The molecule has 0 aromatic heterocycles. The number of nitrogens with zero attached hydrogens (tertiary/aromatic N) is 1. The Morgan fingerprint density at radius 1 is 1.00 bits per heavy atom. The minimum atomic E-state index is -0.341. The van der Waals surface area contributed by atoms with E-state index >= 15 is 0 Å². The average molecular weight is 472 g/mol. The smallest absolute Gasteiger partial charge is 0.293 e. The lowest BCUT2D eigenvalue weighted by atomic mass is 10.1. The third-order valence-electron chi connectivity index (χ3n) is 4.98. The van der Waals surface area contributed by atoms with Crippen molar-refractivity contribution in [3.8, 4) is 23.0 Å². The highest BCUT2D eigenvalue weighted by atomic mass is 32.2. The SMILES string of the molecule is CCOc1cc(/C=C2\SC(=O)N(CCOc3ccccc3OC)C2=O)ccc1OC(C)CC. The third kappa shape index (κ3) is 6.22. The molecule has 8 heteroatoms. The predicted octanol–water partition coefficient (Wildman–Crippen LogP) is 5.39. The van der Waals surface area contributed by atoms with Gasteiger partial charge in [-0.3, -0.25) is 14.5 Å². The van der Waals surface area contributed by atoms with Gasteiger partial charge in [-0.15, -0.1) is 0 Å². The minimum Gasteiger partial charge on any atom is -0.493 e. The first-order chi connectivity index (χ1) is 16.0. The highest BCUT2D eigenvalue weighted by Gasteiger charge is 2.34. The summed E-state index contributed by atoms with van der Waals surface area (Å²) >= 11 is 0.914. The molecule has 0 aliphatic carbocycles. The van der Waals surface area contributed by atoms with Gasteiger partial charge in [0.25, 0.3) is 11.1 Å². The van der Waals surface area contributed by atoms with E-state index in [0.29, 0.717) is 34.5 Å². The van der Waals surface area contributed by atoms with E-state index < -0.39 is 0 Å². The molecule has 1 aliphatic heterocycles. The van der Waals surface area contributed by atoms with Gasteiger partial charge in [0.1, 0.15) is 6.61 Å². The molecule has 0 bridgehead atoms. The second kappa shape index (κ2) is 11.7. The standard InChI is InChI=1S/C25H29NO6S/c1-5-17(3)32-21-12-11-18(15-22(21)30-6-2)16-23-24(27)26(25(28)33-23)13-14-31-20-10-8-7-9-19(20)29-4/h7-12,15-17H,5-6,13-14H2,1-4H3/b23-16-. The van der Waals surface area contributed by atoms with Crippen LogP contribution >= 0.6 is 11.8 Å². The van der Waals surface area contributed by atoms with Gasteiger partial charge in [-0.05, 0) is 67.9 Å². The highest BCUT2D eigenvalue weighted by molar-refractivity contribution is 8.18. The molecular formula is C25H29NO6S. The number of hydrogen-bond acceptors (Lipinski definition) is 7. The lowest BCUT2D eigenvalue weighted by molar-refractivity contribution is -0.123. The Labute approximate surface area is 198 Å². The summed E-state index contributed by atoms with van der Waals surface area (Å²) in [6, 6.07) is 12.7. The van der Waals surface area contributed by atoms with Crippen LogP contribution < -0.4 is 18.9 Å². The third-order valence-corrected chi connectivity index (χ3v) is 5.89. The van der Waals surface area contributed by atoms with Gasteiger partial charge in [-0.25, -0.2) is 0 Å². The monoisotopic (exact) mass is 471 g/mol. The van der Waals surface area contributed by atoms with Crippen LogP contribution in [-0.2, 0) is 4.79 Å². The largest absolute Gasteiger partial charge is 0.493 e. The number of ether oxygens (including phenoxy) is 4. The average Bonchev–Trinajstić information content (AvgIpc) is 3.08. The van der Waals surface area contributed by atoms with Gasteiger partial charge in [0.05, 0.1) is 31.3 Å². The van der Waals surface area contributed by atoms with Crippen LogP contribution in [0, 0.1) is 0 Å². The van der Waals surface area contributed by atoms with Crippen LogP contribution in [0.4, 0.5) is 4.79 Å². The number of hydrogen-bond donors (Lipinski definition) is 0. The number of imide groups is 1. The van der Waals surface area contributed by atoms with Crippen LogP contribution in [0.15, 0.2) is 47.4 Å². The van der Waals surface area contributed by atoms with Crippen LogP contribution in [0.25, 0.3) is 6.08 Å². The summed E-state index contributed by atoms with van der Waals surface area (Å²) in [6.45, 7) is 6.75. The van der Waals surface area contributed by atoms with E-state index in [2.05, 4.69) is 6.92 Å². The molecule has 1 unspecified atom stereocenters. The number of methoxy groups -OCH3 is 1. The molecule has 0 spiro atoms. The molecule has 7 nitrogen and oxygen atoms in total. The number of carbonyl (C=O) groups is 2. The molecule has 1 saturated heterocycles. The van der Waals surface area contributed by atoms with E-state index in [1.54, 1.807) is 25.3 Å². The Morgan fingerprint density at radius 3 is 2.45 bits per heavy atom. The van der Waals surface area contributed by atoms with Gasteiger partial charge < -0.3 is 18.9 Å². The van der Waals surface area contributed by atoms with E-state index in [0.717, 1.165) is 23.7 Å². The van der Waals surface area contributed by atoms with Crippen molar-refractivity contribution in [2.24, 2.45) is 0 Å². The normalized spacial score (nSPS) is 15.6. The fraction of sp³-hybridized carbons (Fsp3) is 0.360. The summed E-state index contributed by atoms with van der Waals surface area (Å²) in [7, 11) is 1.56. The van der Waals surface area contributed by atoms with Crippen molar-refractivity contribution in [1.82, 2.24) is 4.90 Å². The highest BCUT2D eigenvalue weighted by Crippen LogP contribution is 2.35. The van der Waals surface area contributed by atoms with Gasteiger partial charge in [0.2, 0.25) is 0 Å². The molecule has 2 aromatic rings. The zero-order valence-corrected chi connectivity index (χ0v) is 20.1. The van der Waals surface area contributed by atoms with E-state index in [9.17, 15) is 9.59 Å². The topological polar surface area (TPSA) is 74.3 Å². The zero-order valence-electron chi connectivity index (χ0n) is 19.3. The number of thioether (sulfide) groups is 1. The molecule has 1 fully saturated rings. The molecule has 1 aliphatic rings. The van der Waals surface area contributed by atoms with E-state index in [-0.39, 0.29) is 30.4 Å². The fourth-order valence-electron chi connectivity index (χ4n) is 3.11. The molecule has 2 aromatic carbocycles. The number of para-hydroxylation sites is 2. The van der Waals surface area contributed by atoms with Crippen molar-refractivity contribution in [2.75, 3.05) is 26.9 Å². The first kappa shape index (κ1) is 24.5. The maximum Gasteiger partial charge on any atom is 0.293 e. The van der Waals surface area contributed by atoms with Crippen molar-refractivity contribution in [1.29, 1.82) is 0 Å². The molecule has 2 amide bonds. The Balaban J connectivity index is 1.69. The second-order valence-corrected chi connectivity index (χ2v) is 8.30. The van der Waals surface area contributed by atoms with E-state index in [1.807, 2.05) is 44.2 Å². The second-order valence-electron chi connectivity index (χ2n) is 7.31. The minimum absolute atomic E-state index is 0.0598. The van der Waals surface area contributed by atoms with Gasteiger partial charge in [0, 0.05) is 0 Å². The summed E-state index contributed by atoms with van der Waals surface area (Å²) < 4.78 is 22.6. The summed E-state index contributed by atoms with van der Waals surface area (Å²) in [5, 5.41) is -0.323. The van der Waals surface area contributed by atoms with Crippen molar-refractivity contribution >= 4 is 29.0 Å². The van der Waals surface area contributed by atoms with E-state index in [1.165, 1.54) is 4.90 Å². The van der Waals surface area contributed by atoms with Crippen molar-refractivity contribution < 1.29 is 28.5 Å². The van der Waals surface area contributed by atoms with Gasteiger partial charge in [0.15, 0.2) is 23.0 Å². The predicted molar refractivity (Wildman–Crippen MR) is 129 cm³/mol. The summed E-state index contributed by atoms with van der Waals surface area (Å²) in [6.07, 6.45) is 2.63. The molecule has 33 heavy (non-hydrogen) atoms. The Hall–Kier alpha value is -3.13. The number of amides is 2. The molecular weight excluding hydrogens is 442 g/mol. The van der Waals surface area contributed by atoms with Crippen molar-refractivity contribution in [3.63, 3.8) is 0 Å². The van der Waals surface area contributed by atoms with Crippen LogP contribution in [0.2, 0.25) is 0 Å². The molecule has 0 N–H and O–H groups in total. The molecule has 0 saturated carbocycles. The van der Waals surface area contributed by atoms with Gasteiger partial charge in [-0.1, -0.05) is 25.1 Å². The maximum absolute atomic E-state index is 12.8. The Bertz CT molecular complexity index is 1020. The van der Waals surface area contributed by atoms with Crippen LogP contribution in [0.1, 0.15) is 32.8 Å². The number of rotatable bonds is 11. The Kier molecular flexibility index (Phi) is 8.65. The number of benzene rings is 2. The summed E-state index contributed by atoms with van der Waals surface area (Å²) in [4.78, 5) is 26.8. The summed E-state index contributed by atoms with van der Waals surface area (Å²) in [5.74, 6) is 2.08. The molecule has 0 radical (unpaired) electrons.